The molecule has 0 amide bonds. The van der Waals surface area contributed by atoms with Gasteiger partial charge in [0.15, 0.2) is 5.11 Å². The molecule has 3 N–H and O–H groups in total. The maximum Gasteiger partial charge on any atom is 0.341 e. The molecular formula is C24H24ClN3O4S3. The van der Waals surface area contributed by atoms with E-state index in [1.54, 1.807) is 36.4 Å². The standard InChI is InChI=1S/C24H24ClN3O4S3/c1-14-3-12-19-20(13-14)34-22(21(19)23(29)32-2)27-24(33)26-16-8-10-18(11-9-16)35(30,31)28-17-6-4-15(25)5-7-17/h4-11,14,28H,3,12-13H2,1-2H3,(H2,26,27,33). The van der Waals surface area contributed by atoms with Crippen LogP contribution in [0.15, 0.2) is 53.4 Å². The Morgan fingerprint density at radius 1 is 1.09 bits per heavy atom. The van der Waals surface area contributed by atoms with E-state index in [9.17, 15) is 13.2 Å². The summed E-state index contributed by atoms with van der Waals surface area (Å²) in [4.78, 5) is 13.8. The number of anilines is 3. The Labute approximate surface area is 218 Å². The number of nitrogens with one attached hydrogen (secondary N) is 3. The molecule has 0 spiro atoms. The summed E-state index contributed by atoms with van der Waals surface area (Å²) in [6.45, 7) is 2.20. The van der Waals surface area contributed by atoms with Crippen LogP contribution in [0.25, 0.3) is 0 Å². The lowest BCUT2D eigenvalue weighted by Crippen LogP contribution is -2.20. The Hall–Kier alpha value is -2.66. The fourth-order valence-electron chi connectivity index (χ4n) is 3.87. The number of thiocarbonyl (C=S) groups is 1. The number of hydrogen-bond acceptors (Lipinski definition) is 6. The molecule has 0 aliphatic heterocycles. The van der Waals surface area contributed by atoms with Gasteiger partial charge in [0.25, 0.3) is 10.0 Å². The van der Waals surface area contributed by atoms with Crippen LogP contribution < -0.4 is 15.4 Å². The van der Waals surface area contributed by atoms with E-state index in [0.29, 0.717) is 32.9 Å². The van der Waals surface area contributed by atoms with Gasteiger partial charge in [0.2, 0.25) is 0 Å². The summed E-state index contributed by atoms with van der Waals surface area (Å²) in [7, 11) is -2.39. The molecule has 2 aromatic carbocycles. The van der Waals surface area contributed by atoms with Gasteiger partial charge in [-0.2, -0.15) is 0 Å². The molecule has 11 heteroatoms. The number of methoxy groups -OCH3 is 1. The highest BCUT2D eigenvalue weighted by Gasteiger charge is 2.28. The monoisotopic (exact) mass is 549 g/mol. The van der Waals surface area contributed by atoms with Gasteiger partial charge in [0.1, 0.15) is 5.00 Å². The van der Waals surface area contributed by atoms with Crippen LogP contribution >= 0.6 is 35.2 Å². The van der Waals surface area contributed by atoms with Crippen molar-refractivity contribution in [2.45, 2.75) is 31.1 Å². The normalized spacial score (nSPS) is 15.1. The Morgan fingerprint density at radius 2 is 1.74 bits per heavy atom. The molecular weight excluding hydrogens is 526 g/mol. The number of fused-ring (bicyclic) bond motifs is 1. The van der Waals surface area contributed by atoms with Gasteiger partial charge in [-0.25, -0.2) is 13.2 Å². The van der Waals surface area contributed by atoms with E-state index < -0.39 is 10.0 Å². The zero-order chi connectivity index (χ0) is 25.2. The molecule has 1 atom stereocenters. The minimum atomic E-state index is -3.76. The van der Waals surface area contributed by atoms with Crippen LogP contribution in [0.2, 0.25) is 5.02 Å². The second-order valence-electron chi connectivity index (χ2n) is 8.26. The molecule has 0 bridgehead atoms. The quantitative estimate of drug-likeness (QED) is 0.259. The highest BCUT2D eigenvalue weighted by molar-refractivity contribution is 7.92. The van der Waals surface area contributed by atoms with E-state index in [2.05, 4.69) is 22.3 Å². The molecule has 0 saturated carbocycles. The first-order valence-electron chi connectivity index (χ1n) is 10.9. The van der Waals surface area contributed by atoms with Crippen LogP contribution in [-0.4, -0.2) is 26.6 Å². The Morgan fingerprint density at radius 3 is 2.40 bits per heavy atom. The van der Waals surface area contributed by atoms with Crippen LogP contribution in [0, 0.1) is 5.92 Å². The number of rotatable bonds is 6. The molecule has 7 nitrogen and oxygen atoms in total. The topological polar surface area (TPSA) is 96.5 Å². The van der Waals surface area contributed by atoms with Crippen molar-refractivity contribution in [2.75, 3.05) is 22.5 Å². The highest BCUT2D eigenvalue weighted by Crippen LogP contribution is 2.40. The number of benzene rings is 2. The fourth-order valence-corrected chi connectivity index (χ4v) is 6.74. The second-order valence-corrected chi connectivity index (χ2v) is 11.9. The van der Waals surface area contributed by atoms with Gasteiger partial charge in [0, 0.05) is 21.3 Å². The lowest BCUT2D eigenvalue weighted by Gasteiger charge is -2.18. The van der Waals surface area contributed by atoms with Gasteiger partial charge < -0.3 is 15.4 Å². The average molecular weight is 550 g/mol. The van der Waals surface area contributed by atoms with Crippen molar-refractivity contribution in [1.82, 2.24) is 0 Å². The molecule has 3 aromatic rings. The van der Waals surface area contributed by atoms with Crippen molar-refractivity contribution in [2.24, 2.45) is 5.92 Å². The number of sulfonamides is 1. The molecule has 0 saturated heterocycles. The van der Waals surface area contributed by atoms with Gasteiger partial charge in [-0.3, -0.25) is 4.72 Å². The van der Waals surface area contributed by atoms with E-state index in [0.717, 1.165) is 24.8 Å². The molecule has 1 aliphatic carbocycles. The minimum Gasteiger partial charge on any atom is -0.465 e. The molecule has 1 heterocycles. The Balaban J connectivity index is 1.45. The van der Waals surface area contributed by atoms with Gasteiger partial charge >= 0.3 is 5.97 Å². The SMILES string of the molecule is COC(=O)c1c(NC(=S)Nc2ccc(S(=O)(=O)Nc3ccc(Cl)cc3)cc2)sc2c1CCC(C)C2. The summed E-state index contributed by atoms with van der Waals surface area (Å²) in [5, 5.41) is 7.63. The van der Waals surface area contributed by atoms with Crippen LogP contribution in [0.1, 0.15) is 34.1 Å². The summed E-state index contributed by atoms with van der Waals surface area (Å²) < 4.78 is 32.9. The van der Waals surface area contributed by atoms with Crippen LogP contribution in [0.5, 0.6) is 0 Å². The lowest BCUT2D eigenvalue weighted by atomic mass is 9.88. The zero-order valence-electron chi connectivity index (χ0n) is 19.1. The van der Waals surface area contributed by atoms with E-state index in [1.807, 2.05) is 0 Å². The Kier molecular flexibility index (Phi) is 7.65. The number of ether oxygens (including phenoxy) is 1. The number of esters is 1. The van der Waals surface area contributed by atoms with E-state index >= 15 is 0 Å². The first-order chi connectivity index (χ1) is 16.7. The first-order valence-corrected chi connectivity index (χ1v) is 13.9. The van der Waals surface area contributed by atoms with Gasteiger partial charge in [-0.05, 0) is 91.5 Å². The fraction of sp³-hybridized carbons (Fsp3) is 0.250. The summed E-state index contributed by atoms with van der Waals surface area (Å²) in [6.07, 6.45) is 2.78. The number of thiophene rings is 1. The Bertz CT molecular complexity index is 1350. The summed E-state index contributed by atoms with van der Waals surface area (Å²) in [5.74, 6) is 0.179. The van der Waals surface area contributed by atoms with Crippen molar-refractivity contribution in [3.8, 4) is 0 Å². The smallest absolute Gasteiger partial charge is 0.341 e. The van der Waals surface area contributed by atoms with Crippen molar-refractivity contribution in [3.63, 3.8) is 0 Å². The maximum atomic E-state index is 12.7. The lowest BCUT2D eigenvalue weighted by molar-refractivity contribution is 0.0601. The van der Waals surface area contributed by atoms with E-state index in [1.165, 1.54) is 35.5 Å². The third-order valence-electron chi connectivity index (χ3n) is 5.65. The number of carbonyl (C=O) groups excluding carboxylic acids is 1. The molecule has 1 aromatic heterocycles. The van der Waals surface area contributed by atoms with Crippen LogP contribution in [0.4, 0.5) is 16.4 Å². The largest absolute Gasteiger partial charge is 0.465 e. The van der Waals surface area contributed by atoms with Crippen LogP contribution in [0.3, 0.4) is 0 Å². The zero-order valence-corrected chi connectivity index (χ0v) is 22.3. The number of halogens is 1. The predicted octanol–water partition coefficient (Wildman–Crippen LogP) is 5.92. The third kappa shape index (κ3) is 5.95. The molecule has 0 radical (unpaired) electrons. The third-order valence-corrected chi connectivity index (χ3v) is 8.67. The van der Waals surface area contributed by atoms with Crippen molar-refractivity contribution in [3.05, 3.63) is 69.6 Å². The van der Waals surface area contributed by atoms with Gasteiger partial charge in [0.05, 0.1) is 17.6 Å². The summed E-state index contributed by atoms with van der Waals surface area (Å²) in [5.41, 5.74) is 2.59. The molecule has 184 valence electrons. The van der Waals surface area contributed by atoms with Gasteiger partial charge in [-0.1, -0.05) is 18.5 Å². The van der Waals surface area contributed by atoms with E-state index in [4.69, 9.17) is 28.6 Å². The minimum absolute atomic E-state index is 0.102. The molecule has 1 unspecified atom stereocenters. The first kappa shape index (κ1) is 25.4. The predicted molar refractivity (Wildman–Crippen MR) is 145 cm³/mol. The number of carbonyl (C=O) groups is 1. The van der Waals surface area contributed by atoms with Crippen LogP contribution in [-0.2, 0) is 27.6 Å². The maximum absolute atomic E-state index is 12.7. The summed E-state index contributed by atoms with van der Waals surface area (Å²) in [6, 6.07) is 12.6. The molecule has 35 heavy (non-hydrogen) atoms. The molecule has 0 fully saturated rings. The molecule has 1 aliphatic rings. The van der Waals surface area contributed by atoms with Crippen molar-refractivity contribution < 1.29 is 17.9 Å². The van der Waals surface area contributed by atoms with E-state index in [-0.39, 0.29) is 16.0 Å². The summed E-state index contributed by atoms with van der Waals surface area (Å²) >= 11 is 12.8. The van der Waals surface area contributed by atoms with Crippen molar-refractivity contribution in [1.29, 1.82) is 0 Å². The number of hydrogen-bond donors (Lipinski definition) is 3. The van der Waals surface area contributed by atoms with Gasteiger partial charge in [-0.15, -0.1) is 11.3 Å². The average Bonchev–Trinajstić information content (AvgIpc) is 3.16. The highest BCUT2D eigenvalue weighted by atomic mass is 35.5. The van der Waals surface area contributed by atoms with Crippen molar-refractivity contribution >= 4 is 72.6 Å². The second kappa shape index (κ2) is 10.5. The molecule has 4 rings (SSSR count).